The highest BCUT2D eigenvalue weighted by atomic mass is 31.2. The fraction of sp³-hybridized carbons (Fsp3) is 0.421. The Balaban J connectivity index is 1.43. The van der Waals surface area contributed by atoms with Gasteiger partial charge in [0, 0.05) is 18.7 Å². The van der Waals surface area contributed by atoms with Crippen molar-refractivity contribution < 1.29 is 45.9 Å². The van der Waals surface area contributed by atoms with E-state index in [1.165, 1.54) is 12.3 Å². The van der Waals surface area contributed by atoms with Crippen LogP contribution < -0.4 is 11.4 Å². The van der Waals surface area contributed by atoms with Crippen LogP contribution in [0.1, 0.15) is 18.1 Å². The van der Waals surface area contributed by atoms with E-state index in [2.05, 4.69) is 4.98 Å². The van der Waals surface area contributed by atoms with Crippen LogP contribution >= 0.6 is 7.82 Å². The highest BCUT2D eigenvalue weighted by Crippen LogP contribution is 2.57. The van der Waals surface area contributed by atoms with Crippen LogP contribution in [-0.2, 0) is 39.1 Å². The Morgan fingerprint density at radius 3 is 2.71 bits per heavy atom. The summed E-state index contributed by atoms with van der Waals surface area (Å²) < 4.78 is 72.6. The van der Waals surface area contributed by atoms with Crippen LogP contribution in [0.5, 0.6) is 0 Å². The van der Waals surface area contributed by atoms with Gasteiger partial charge in [0.15, 0.2) is 6.10 Å². The molecule has 4 atom stereocenters. The summed E-state index contributed by atoms with van der Waals surface area (Å²) in [6, 6.07) is 4.20. The molecule has 4 rings (SSSR count). The Morgan fingerprint density at radius 2 is 2.03 bits per heavy atom. The van der Waals surface area contributed by atoms with Gasteiger partial charge in [-0.15, -0.1) is 0 Å². The smallest absolute Gasteiger partial charge is 0.430 e. The van der Waals surface area contributed by atoms with Crippen molar-refractivity contribution in [2.75, 3.05) is 25.6 Å². The zero-order valence-corrected chi connectivity index (χ0v) is 18.4. The molecule has 2 unspecified atom stereocenters. The van der Waals surface area contributed by atoms with Crippen molar-refractivity contribution in [3.05, 3.63) is 58.1 Å². The summed E-state index contributed by atoms with van der Waals surface area (Å²) >= 11 is 0. The second-order valence-corrected chi connectivity index (χ2v) is 8.94. The van der Waals surface area contributed by atoms with Crippen LogP contribution in [0.15, 0.2) is 35.3 Å². The summed E-state index contributed by atoms with van der Waals surface area (Å²) in [5, 5.41) is 0. The van der Waals surface area contributed by atoms with Gasteiger partial charge in [0.2, 0.25) is 0 Å². The minimum Gasteiger partial charge on any atom is -0.430 e. The molecule has 0 radical (unpaired) electrons. The van der Waals surface area contributed by atoms with Crippen LogP contribution in [0.3, 0.4) is 0 Å². The van der Waals surface area contributed by atoms with E-state index >= 15 is 0 Å². The summed E-state index contributed by atoms with van der Waals surface area (Å²) in [5.74, 6) is -1.61. The molecule has 12 nitrogen and oxygen atoms in total. The first-order valence-electron chi connectivity index (χ1n) is 10.0. The molecule has 15 heteroatoms. The standard InChI is InChI=1S/C19H20F2N3O9P/c20-12-5-11(6-13(21)7-12)14-2-4-30-34(27,33-14)31-9-15(16-8-28-19(26)32-16)29-10-24-3-1-17(22)23-18(24)25/h1,3,5-7,14-16H,2,4,8-10H2,(H2,22,23,25)/t14?,15-,16+,34?/m1/s1. The van der Waals surface area contributed by atoms with Gasteiger partial charge in [-0.3, -0.25) is 18.1 Å². The number of rotatable bonds is 8. The molecular formula is C19H20F2N3O9P. The van der Waals surface area contributed by atoms with Crippen LogP contribution in [-0.4, -0.2) is 47.7 Å². The molecule has 3 heterocycles. The predicted octanol–water partition coefficient (Wildman–Crippen LogP) is 2.28. The molecule has 2 fully saturated rings. The van der Waals surface area contributed by atoms with Crippen molar-refractivity contribution in [1.29, 1.82) is 0 Å². The zero-order chi connectivity index (χ0) is 24.3. The number of carbonyl (C=O) groups is 1. The normalized spacial score (nSPS) is 25.5. The van der Waals surface area contributed by atoms with E-state index in [9.17, 15) is 22.9 Å². The largest absolute Gasteiger partial charge is 0.508 e. The molecule has 184 valence electrons. The molecule has 0 amide bonds. The Morgan fingerprint density at radius 1 is 1.26 bits per heavy atom. The number of nitrogens with zero attached hydrogens (tertiary/aromatic N) is 2. The lowest BCUT2D eigenvalue weighted by molar-refractivity contribution is -0.0836. The third kappa shape index (κ3) is 5.96. The van der Waals surface area contributed by atoms with E-state index in [4.69, 9.17) is 33.5 Å². The van der Waals surface area contributed by atoms with E-state index in [0.717, 1.165) is 16.7 Å². The van der Waals surface area contributed by atoms with Crippen molar-refractivity contribution >= 4 is 19.8 Å². The lowest BCUT2D eigenvalue weighted by atomic mass is 10.1. The molecule has 0 bridgehead atoms. The Labute approximate surface area is 191 Å². The fourth-order valence-corrected chi connectivity index (χ4v) is 4.63. The minimum absolute atomic E-state index is 0.0247. The molecule has 2 aliphatic heterocycles. The number of ether oxygens (including phenoxy) is 3. The van der Waals surface area contributed by atoms with Crippen molar-refractivity contribution in [3.63, 3.8) is 0 Å². The van der Waals surface area contributed by atoms with Gasteiger partial charge in [0.25, 0.3) is 0 Å². The third-order valence-corrected chi connectivity index (χ3v) is 6.37. The van der Waals surface area contributed by atoms with Gasteiger partial charge >= 0.3 is 19.7 Å². The van der Waals surface area contributed by atoms with Crippen molar-refractivity contribution in [3.8, 4) is 0 Å². The quantitative estimate of drug-likeness (QED) is 0.417. The van der Waals surface area contributed by atoms with E-state index in [1.54, 1.807) is 0 Å². The summed E-state index contributed by atoms with van der Waals surface area (Å²) in [7, 11) is -4.19. The third-order valence-electron chi connectivity index (χ3n) is 4.89. The molecule has 34 heavy (non-hydrogen) atoms. The number of carbonyl (C=O) groups excluding carboxylic acids is 1. The first-order valence-corrected chi connectivity index (χ1v) is 11.5. The molecule has 2 N–H and O–H groups in total. The lowest BCUT2D eigenvalue weighted by Gasteiger charge is -2.30. The molecule has 2 aliphatic rings. The van der Waals surface area contributed by atoms with E-state index in [0.29, 0.717) is 6.07 Å². The molecule has 0 aliphatic carbocycles. The summed E-state index contributed by atoms with van der Waals surface area (Å²) in [5.41, 5.74) is 4.90. The zero-order valence-electron chi connectivity index (χ0n) is 17.5. The monoisotopic (exact) mass is 503 g/mol. The average molecular weight is 503 g/mol. The van der Waals surface area contributed by atoms with Gasteiger partial charge in [-0.05, 0) is 23.8 Å². The number of halogens is 2. The van der Waals surface area contributed by atoms with Crippen LogP contribution in [0.25, 0.3) is 0 Å². The Bertz CT molecular complexity index is 1140. The highest BCUT2D eigenvalue weighted by Gasteiger charge is 2.40. The minimum atomic E-state index is -4.19. The number of nitrogen functional groups attached to an aromatic ring is 1. The highest BCUT2D eigenvalue weighted by molar-refractivity contribution is 7.48. The van der Waals surface area contributed by atoms with Gasteiger partial charge in [-0.2, -0.15) is 4.98 Å². The number of anilines is 1. The number of nitrogens with two attached hydrogens (primary N) is 1. The maximum atomic E-state index is 13.6. The number of hydrogen-bond acceptors (Lipinski definition) is 11. The first kappa shape index (κ1) is 24.2. The summed E-state index contributed by atoms with van der Waals surface area (Å²) in [4.78, 5) is 26.8. The Kier molecular flexibility index (Phi) is 7.24. The Hall–Kier alpha value is -2.90. The molecular weight excluding hydrogens is 483 g/mol. The predicted molar refractivity (Wildman–Crippen MR) is 108 cm³/mol. The van der Waals surface area contributed by atoms with Crippen molar-refractivity contribution in [2.24, 2.45) is 0 Å². The second-order valence-electron chi connectivity index (χ2n) is 7.32. The number of hydrogen-bond donors (Lipinski definition) is 1. The average Bonchev–Trinajstić information content (AvgIpc) is 3.20. The van der Waals surface area contributed by atoms with E-state index in [1.807, 2.05) is 0 Å². The maximum Gasteiger partial charge on any atom is 0.508 e. The summed E-state index contributed by atoms with van der Waals surface area (Å²) in [6.07, 6.45) is -2.36. The number of phosphoric acid groups is 1. The molecule has 1 aromatic carbocycles. The van der Waals surface area contributed by atoms with E-state index < -0.39 is 56.2 Å². The van der Waals surface area contributed by atoms with Gasteiger partial charge in [0.05, 0.1) is 19.3 Å². The first-order chi connectivity index (χ1) is 16.2. The molecule has 0 saturated carbocycles. The van der Waals surface area contributed by atoms with Gasteiger partial charge < -0.3 is 19.9 Å². The van der Waals surface area contributed by atoms with Crippen molar-refractivity contribution in [1.82, 2.24) is 9.55 Å². The van der Waals surface area contributed by atoms with Crippen LogP contribution in [0.4, 0.5) is 19.4 Å². The molecule has 0 spiro atoms. The number of aromatic nitrogens is 2. The molecule has 2 saturated heterocycles. The fourth-order valence-electron chi connectivity index (χ4n) is 3.24. The van der Waals surface area contributed by atoms with E-state index in [-0.39, 0.29) is 37.7 Å². The van der Waals surface area contributed by atoms with Gasteiger partial charge in [0.1, 0.15) is 36.9 Å². The van der Waals surface area contributed by atoms with Crippen molar-refractivity contribution in [2.45, 2.75) is 31.5 Å². The molecule has 1 aromatic heterocycles. The van der Waals surface area contributed by atoms with Gasteiger partial charge in [-0.1, -0.05) is 0 Å². The second kappa shape index (κ2) is 10.2. The SMILES string of the molecule is Nc1ccn(CO[C@H](COP2(=O)OCCC(c3cc(F)cc(F)c3)O2)[C@@H]2COC(=O)O2)c(=O)n1. The topological polar surface area (TPSA) is 150 Å². The number of cyclic esters (lactones) is 2. The molecule has 2 aromatic rings. The number of benzene rings is 1. The summed E-state index contributed by atoms with van der Waals surface area (Å²) in [6.45, 7) is -1.04. The number of phosphoric ester groups is 1. The van der Waals surface area contributed by atoms with Crippen LogP contribution in [0.2, 0.25) is 0 Å². The van der Waals surface area contributed by atoms with Gasteiger partial charge in [-0.25, -0.2) is 22.9 Å². The lowest BCUT2D eigenvalue weighted by Crippen LogP contribution is -2.37. The maximum absolute atomic E-state index is 13.6. The van der Waals surface area contributed by atoms with Crippen LogP contribution in [0, 0.1) is 11.6 Å².